The van der Waals surface area contributed by atoms with E-state index in [-0.39, 0.29) is 42.9 Å². The van der Waals surface area contributed by atoms with Crippen LogP contribution in [0.4, 0.5) is 9.18 Å². The van der Waals surface area contributed by atoms with Crippen molar-refractivity contribution < 1.29 is 28.2 Å². The molecule has 2 saturated heterocycles. The van der Waals surface area contributed by atoms with Crippen LogP contribution in [0.3, 0.4) is 0 Å². The molecular formula is C19H25ClFN3O5. The van der Waals surface area contributed by atoms with Crippen molar-refractivity contribution in [1.29, 1.82) is 0 Å². The lowest BCUT2D eigenvalue weighted by atomic mass is 10.1. The van der Waals surface area contributed by atoms with Gasteiger partial charge in [0.2, 0.25) is 5.91 Å². The van der Waals surface area contributed by atoms with E-state index >= 15 is 0 Å². The summed E-state index contributed by atoms with van der Waals surface area (Å²) in [6.45, 7) is 2.93. The SMILES string of the molecule is O=C(NCCOCCOc1cc(F)ccc1C1CN1)OC1CCN(C(=O)CCl)C1. The van der Waals surface area contributed by atoms with Gasteiger partial charge >= 0.3 is 6.09 Å². The zero-order valence-corrected chi connectivity index (χ0v) is 16.8. The van der Waals surface area contributed by atoms with Gasteiger partial charge in [0.25, 0.3) is 0 Å². The Balaban J connectivity index is 1.24. The minimum Gasteiger partial charge on any atom is -0.491 e. The van der Waals surface area contributed by atoms with E-state index < -0.39 is 6.09 Å². The summed E-state index contributed by atoms with van der Waals surface area (Å²) in [6, 6.07) is 4.74. The molecule has 0 aromatic heterocycles. The minimum absolute atomic E-state index is 0.0715. The van der Waals surface area contributed by atoms with Crippen molar-refractivity contribution in [3.8, 4) is 5.75 Å². The van der Waals surface area contributed by atoms with Crippen molar-refractivity contribution in [2.24, 2.45) is 0 Å². The van der Waals surface area contributed by atoms with E-state index in [1.54, 1.807) is 11.0 Å². The van der Waals surface area contributed by atoms with Crippen LogP contribution in [0.25, 0.3) is 0 Å². The molecular weight excluding hydrogens is 405 g/mol. The standard InChI is InChI=1S/C19H25ClFN3O5/c20-10-18(25)24-5-3-14(12-24)29-19(26)22-4-6-27-7-8-28-17-9-13(21)1-2-15(17)16-11-23-16/h1-2,9,14,16,23H,3-8,10-12H2,(H,22,26). The first-order valence-corrected chi connectivity index (χ1v) is 10.1. The number of amides is 2. The van der Waals surface area contributed by atoms with E-state index in [1.165, 1.54) is 12.1 Å². The molecule has 0 saturated carbocycles. The van der Waals surface area contributed by atoms with Crippen LogP contribution < -0.4 is 15.4 Å². The molecule has 2 fully saturated rings. The summed E-state index contributed by atoms with van der Waals surface area (Å²) in [5.41, 5.74) is 0.939. The molecule has 2 heterocycles. The Labute approximate surface area is 173 Å². The summed E-state index contributed by atoms with van der Waals surface area (Å²) in [4.78, 5) is 24.8. The zero-order valence-electron chi connectivity index (χ0n) is 16.0. The molecule has 160 valence electrons. The van der Waals surface area contributed by atoms with Crippen LogP contribution in [-0.4, -0.2) is 74.9 Å². The number of hydrogen-bond donors (Lipinski definition) is 2. The molecule has 0 aliphatic carbocycles. The number of hydrogen-bond acceptors (Lipinski definition) is 6. The summed E-state index contributed by atoms with van der Waals surface area (Å²) >= 11 is 5.52. The van der Waals surface area contributed by atoms with Crippen LogP contribution in [-0.2, 0) is 14.3 Å². The lowest BCUT2D eigenvalue weighted by Crippen LogP contribution is -2.34. The van der Waals surface area contributed by atoms with Crippen LogP contribution >= 0.6 is 11.6 Å². The number of nitrogens with zero attached hydrogens (tertiary/aromatic N) is 1. The van der Waals surface area contributed by atoms with Crippen molar-refractivity contribution in [1.82, 2.24) is 15.5 Å². The first-order chi connectivity index (χ1) is 14.1. The lowest BCUT2D eigenvalue weighted by Gasteiger charge is -2.15. The van der Waals surface area contributed by atoms with Crippen molar-refractivity contribution in [2.45, 2.75) is 18.6 Å². The van der Waals surface area contributed by atoms with E-state index in [4.69, 9.17) is 25.8 Å². The molecule has 3 rings (SSSR count). The van der Waals surface area contributed by atoms with Gasteiger partial charge < -0.3 is 29.7 Å². The Morgan fingerprint density at radius 2 is 2.14 bits per heavy atom. The smallest absolute Gasteiger partial charge is 0.407 e. The van der Waals surface area contributed by atoms with Gasteiger partial charge in [0, 0.05) is 43.7 Å². The van der Waals surface area contributed by atoms with E-state index in [1.807, 2.05) is 0 Å². The molecule has 2 unspecified atom stereocenters. The van der Waals surface area contributed by atoms with Gasteiger partial charge in [-0.3, -0.25) is 4.79 Å². The fourth-order valence-corrected chi connectivity index (χ4v) is 3.24. The molecule has 0 spiro atoms. The Morgan fingerprint density at radius 3 is 2.90 bits per heavy atom. The molecule has 29 heavy (non-hydrogen) atoms. The third-order valence-electron chi connectivity index (χ3n) is 4.65. The van der Waals surface area contributed by atoms with Crippen molar-refractivity contribution in [3.05, 3.63) is 29.6 Å². The monoisotopic (exact) mass is 429 g/mol. The van der Waals surface area contributed by atoms with E-state index in [2.05, 4.69) is 10.6 Å². The number of ether oxygens (including phenoxy) is 3. The average Bonchev–Trinajstić information content (AvgIpc) is 3.45. The molecule has 0 radical (unpaired) electrons. The number of carbonyl (C=O) groups excluding carboxylic acids is 2. The number of nitrogens with one attached hydrogen (secondary N) is 2. The molecule has 2 aliphatic heterocycles. The van der Waals surface area contributed by atoms with Crippen molar-refractivity contribution in [2.75, 3.05) is 51.9 Å². The largest absolute Gasteiger partial charge is 0.491 e. The molecule has 2 amide bonds. The fourth-order valence-electron chi connectivity index (χ4n) is 3.07. The Bertz CT molecular complexity index is 719. The number of likely N-dealkylation sites (tertiary alicyclic amines) is 1. The molecule has 0 bridgehead atoms. The molecule has 2 aliphatic rings. The summed E-state index contributed by atoms with van der Waals surface area (Å²) in [6.07, 6.45) is -0.267. The highest BCUT2D eigenvalue weighted by atomic mass is 35.5. The molecule has 10 heteroatoms. The van der Waals surface area contributed by atoms with Gasteiger partial charge in [-0.25, -0.2) is 9.18 Å². The number of halogens is 2. The van der Waals surface area contributed by atoms with Gasteiger partial charge in [0.1, 0.15) is 30.2 Å². The highest BCUT2D eigenvalue weighted by molar-refractivity contribution is 6.27. The van der Waals surface area contributed by atoms with Crippen LogP contribution in [0, 0.1) is 5.82 Å². The van der Waals surface area contributed by atoms with Gasteiger partial charge in [-0.05, 0) is 6.07 Å². The maximum atomic E-state index is 13.4. The third-order valence-corrected chi connectivity index (χ3v) is 4.87. The topological polar surface area (TPSA) is 99.0 Å². The summed E-state index contributed by atoms with van der Waals surface area (Å²) < 4.78 is 29.7. The quantitative estimate of drug-likeness (QED) is 0.331. The highest BCUT2D eigenvalue weighted by Crippen LogP contribution is 2.31. The molecule has 8 nitrogen and oxygen atoms in total. The number of carbonyl (C=O) groups is 2. The van der Waals surface area contributed by atoms with E-state index in [0.29, 0.717) is 38.5 Å². The van der Waals surface area contributed by atoms with Crippen molar-refractivity contribution >= 4 is 23.6 Å². The lowest BCUT2D eigenvalue weighted by molar-refractivity contribution is -0.127. The predicted molar refractivity (Wildman–Crippen MR) is 104 cm³/mol. The second-order valence-corrected chi connectivity index (χ2v) is 7.09. The number of alkyl halides is 1. The van der Waals surface area contributed by atoms with Crippen molar-refractivity contribution in [3.63, 3.8) is 0 Å². The Morgan fingerprint density at radius 1 is 1.31 bits per heavy atom. The highest BCUT2D eigenvalue weighted by Gasteiger charge is 2.28. The second-order valence-electron chi connectivity index (χ2n) is 6.82. The number of alkyl carbamates (subject to hydrolysis) is 1. The summed E-state index contributed by atoms with van der Waals surface area (Å²) in [7, 11) is 0. The molecule has 2 atom stereocenters. The van der Waals surface area contributed by atoms with Gasteiger partial charge in [-0.15, -0.1) is 11.6 Å². The maximum Gasteiger partial charge on any atom is 0.407 e. The molecule has 2 N–H and O–H groups in total. The first kappa shape index (κ1) is 21.6. The second kappa shape index (κ2) is 10.6. The Kier molecular flexibility index (Phi) is 7.91. The molecule has 1 aromatic carbocycles. The average molecular weight is 430 g/mol. The number of benzene rings is 1. The summed E-state index contributed by atoms with van der Waals surface area (Å²) in [5, 5.41) is 5.77. The third kappa shape index (κ3) is 6.73. The fraction of sp³-hybridized carbons (Fsp3) is 0.579. The van der Waals surface area contributed by atoms with Crippen LogP contribution in [0.2, 0.25) is 0 Å². The first-order valence-electron chi connectivity index (χ1n) is 9.58. The van der Waals surface area contributed by atoms with Crippen LogP contribution in [0.15, 0.2) is 18.2 Å². The van der Waals surface area contributed by atoms with Crippen LogP contribution in [0.5, 0.6) is 5.75 Å². The summed E-state index contributed by atoms with van der Waals surface area (Å²) in [5.74, 6) is -0.0561. The normalized spacial score (nSPS) is 20.4. The van der Waals surface area contributed by atoms with Gasteiger partial charge in [-0.1, -0.05) is 6.07 Å². The van der Waals surface area contributed by atoms with Gasteiger partial charge in [0.15, 0.2) is 0 Å². The van der Waals surface area contributed by atoms with Gasteiger partial charge in [-0.2, -0.15) is 0 Å². The van der Waals surface area contributed by atoms with E-state index in [9.17, 15) is 14.0 Å². The predicted octanol–water partition coefficient (Wildman–Crippen LogP) is 1.43. The number of rotatable bonds is 10. The Hall–Kier alpha value is -2.10. The van der Waals surface area contributed by atoms with Crippen LogP contribution in [0.1, 0.15) is 18.0 Å². The van der Waals surface area contributed by atoms with Gasteiger partial charge in [0.05, 0.1) is 19.8 Å². The minimum atomic E-state index is -0.545. The zero-order chi connectivity index (χ0) is 20.6. The van der Waals surface area contributed by atoms with E-state index in [0.717, 1.165) is 12.1 Å². The molecule has 1 aromatic rings. The maximum absolute atomic E-state index is 13.4.